The fourth-order valence-corrected chi connectivity index (χ4v) is 3.70. The molecule has 1 aliphatic rings. The van der Waals surface area contributed by atoms with Gasteiger partial charge in [-0.15, -0.1) is 10.2 Å². The Labute approximate surface area is 178 Å². The number of hydrogen-bond donors (Lipinski definition) is 1. The van der Waals surface area contributed by atoms with Gasteiger partial charge in [-0.1, -0.05) is 12.1 Å². The first-order valence-corrected chi connectivity index (χ1v) is 10.0. The summed E-state index contributed by atoms with van der Waals surface area (Å²) in [4.78, 5) is 14.5. The molecule has 31 heavy (non-hydrogen) atoms. The largest absolute Gasteiger partial charge is 0.496 e. The average molecular weight is 424 g/mol. The number of methoxy groups -OCH3 is 1. The zero-order chi connectivity index (χ0) is 21.8. The highest BCUT2D eigenvalue weighted by atomic mass is 19.2. The van der Waals surface area contributed by atoms with Gasteiger partial charge in [-0.05, 0) is 55.3 Å². The van der Waals surface area contributed by atoms with Gasteiger partial charge in [0.25, 0.3) is 5.91 Å². The van der Waals surface area contributed by atoms with Crippen molar-refractivity contribution in [2.75, 3.05) is 25.1 Å². The predicted molar refractivity (Wildman–Crippen MR) is 113 cm³/mol. The molecule has 1 amide bonds. The van der Waals surface area contributed by atoms with E-state index in [1.54, 1.807) is 7.11 Å². The summed E-state index contributed by atoms with van der Waals surface area (Å²) in [5.41, 5.74) is 1.66. The molecule has 3 aromatic rings. The zero-order valence-electron chi connectivity index (χ0n) is 17.0. The van der Waals surface area contributed by atoms with Crippen LogP contribution in [0.25, 0.3) is 11.3 Å². The quantitative estimate of drug-likeness (QED) is 0.674. The minimum Gasteiger partial charge on any atom is -0.496 e. The Morgan fingerprint density at radius 3 is 2.68 bits per heavy atom. The topological polar surface area (TPSA) is 67.3 Å². The molecular formula is C23H22F2N4O2. The van der Waals surface area contributed by atoms with Gasteiger partial charge in [-0.2, -0.15) is 0 Å². The van der Waals surface area contributed by atoms with E-state index in [4.69, 9.17) is 4.74 Å². The summed E-state index contributed by atoms with van der Waals surface area (Å²) in [5.74, 6) is -1.00. The number of nitrogens with one attached hydrogen (secondary N) is 1. The van der Waals surface area contributed by atoms with E-state index >= 15 is 0 Å². The minimum atomic E-state index is -1.04. The van der Waals surface area contributed by atoms with Crippen molar-refractivity contribution in [2.45, 2.75) is 18.9 Å². The molecular weight excluding hydrogens is 402 g/mol. The molecule has 0 radical (unpaired) electrons. The number of carbonyl (C=O) groups is 1. The number of amides is 1. The van der Waals surface area contributed by atoms with E-state index in [9.17, 15) is 13.6 Å². The maximum Gasteiger partial charge on any atom is 0.251 e. The Bertz CT molecular complexity index is 1080. The molecule has 1 unspecified atom stereocenters. The van der Waals surface area contributed by atoms with E-state index < -0.39 is 17.5 Å². The number of hydrogen-bond acceptors (Lipinski definition) is 5. The van der Waals surface area contributed by atoms with Gasteiger partial charge in [-0.3, -0.25) is 4.79 Å². The van der Waals surface area contributed by atoms with Crippen LogP contribution < -0.4 is 15.0 Å². The number of nitrogens with zero attached hydrogens (tertiary/aromatic N) is 3. The second kappa shape index (κ2) is 9.07. The highest BCUT2D eigenvalue weighted by Crippen LogP contribution is 2.28. The van der Waals surface area contributed by atoms with E-state index in [0.717, 1.165) is 42.8 Å². The molecule has 1 fully saturated rings. The monoisotopic (exact) mass is 424 g/mol. The van der Waals surface area contributed by atoms with E-state index in [0.29, 0.717) is 18.1 Å². The highest BCUT2D eigenvalue weighted by molar-refractivity contribution is 5.94. The van der Waals surface area contributed by atoms with E-state index in [2.05, 4.69) is 20.4 Å². The van der Waals surface area contributed by atoms with Crippen LogP contribution in [0.2, 0.25) is 0 Å². The molecule has 160 valence electrons. The summed E-state index contributed by atoms with van der Waals surface area (Å²) in [6.45, 7) is 1.35. The van der Waals surface area contributed by atoms with Crippen molar-refractivity contribution in [3.05, 3.63) is 71.8 Å². The summed E-state index contributed by atoms with van der Waals surface area (Å²) in [5, 5.41) is 11.6. The smallest absolute Gasteiger partial charge is 0.251 e. The number of aromatic nitrogens is 2. The molecule has 0 spiro atoms. The van der Waals surface area contributed by atoms with Gasteiger partial charge >= 0.3 is 0 Å². The van der Waals surface area contributed by atoms with Crippen molar-refractivity contribution in [1.82, 2.24) is 15.5 Å². The Balaban J connectivity index is 1.43. The summed E-state index contributed by atoms with van der Waals surface area (Å²) in [6, 6.07) is 14.4. The number of para-hydroxylation sites is 1. The van der Waals surface area contributed by atoms with Crippen molar-refractivity contribution in [1.29, 1.82) is 0 Å². The lowest BCUT2D eigenvalue weighted by atomic mass is 10.0. The summed E-state index contributed by atoms with van der Waals surface area (Å²) in [7, 11) is 1.61. The van der Waals surface area contributed by atoms with Gasteiger partial charge in [0.15, 0.2) is 17.5 Å². The van der Waals surface area contributed by atoms with Crippen LogP contribution in [-0.2, 0) is 0 Å². The lowest BCUT2D eigenvalue weighted by Crippen LogP contribution is -2.48. The molecule has 6 nitrogen and oxygen atoms in total. The SMILES string of the molecule is COc1ccccc1-c1ccc(N2CCCC(NC(=O)c3ccc(F)c(F)c3)C2)nn1. The predicted octanol–water partition coefficient (Wildman–Crippen LogP) is 3.83. The standard InChI is InChI=1S/C23H22F2N4O2/c1-31-21-7-3-2-6-17(21)20-10-11-22(28-27-20)29-12-4-5-16(14-29)26-23(30)15-8-9-18(24)19(25)13-15/h2-3,6-11,13,16H,4-5,12,14H2,1H3,(H,26,30). The molecule has 4 rings (SSSR count). The molecule has 0 aliphatic carbocycles. The van der Waals surface area contributed by atoms with Gasteiger partial charge in [0.1, 0.15) is 5.75 Å². The van der Waals surface area contributed by atoms with Crippen LogP contribution in [-0.4, -0.2) is 42.3 Å². The summed E-state index contributed by atoms with van der Waals surface area (Å²) in [6.07, 6.45) is 1.65. The molecule has 8 heteroatoms. The van der Waals surface area contributed by atoms with E-state index in [-0.39, 0.29) is 11.6 Å². The maximum absolute atomic E-state index is 13.4. The van der Waals surface area contributed by atoms with Gasteiger partial charge in [0, 0.05) is 30.3 Å². The van der Waals surface area contributed by atoms with Crippen molar-refractivity contribution >= 4 is 11.7 Å². The first-order chi connectivity index (χ1) is 15.0. The molecule has 1 atom stereocenters. The highest BCUT2D eigenvalue weighted by Gasteiger charge is 2.23. The number of ether oxygens (including phenoxy) is 1. The van der Waals surface area contributed by atoms with Gasteiger partial charge in [0.05, 0.1) is 12.8 Å². The van der Waals surface area contributed by atoms with E-state index in [1.807, 2.05) is 36.4 Å². The van der Waals surface area contributed by atoms with Crippen LogP contribution in [0.5, 0.6) is 5.75 Å². The molecule has 1 aromatic heterocycles. The lowest BCUT2D eigenvalue weighted by Gasteiger charge is -2.33. The fourth-order valence-electron chi connectivity index (χ4n) is 3.70. The molecule has 1 N–H and O–H groups in total. The number of benzene rings is 2. The van der Waals surface area contributed by atoms with E-state index in [1.165, 1.54) is 6.07 Å². The van der Waals surface area contributed by atoms with Crippen molar-refractivity contribution < 1.29 is 18.3 Å². The van der Waals surface area contributed by atoms with Crippen molar-refractivity contribution in [3.63, 3.8) is 0 Å². The zero-order valence-corrected chi connectivity index (χ0v) is 17.0. The van der Waals surface area contributed by atoms with Crippen LogP contribution in [0.1, 0.15) is 23.2 Å². The first kappa shape index (κ1) is 20.7. The summed E-state index contributed by atoms with van der Waals surface area (Å²) >= 11 is 0. The molecule has 0 saturated carbocycles. The number of halogens is 2. The molecule has 2 heterocycles. The third-order valence-electron chi connectivity index (χ3n) is 5.30. The van der Waals surface area contributed by atoms with Crippen LogP contribution in [0, 0.1) is 11.6 Å². The fraction of sp³-hybridized carbons (Fsp3) is 0.261. The third-order valence-corrected chi connectivity index (χ3v) is 5.30. The van der Waals surface area contributed by atoms with Crippen LogP contribution in [0.4, 0.5) is 14.6 Å². The Kier molecular flexibility index (Phi) is 6.06. The molecule has 1 aliphatic heterocycles. The number of piperidine rings is 1. The van der Waals surface area contributed by atoms with Crippen LogP contribution in [0.15, 0.2) is 54.6 Å². The summed E-state index contributed by atoms with van der Waals surface area (Å²) < 4.78 is 31.9. The maximum atomic E-state index is 13.4. The molecule has 2 aromatic carbocycles. The van der Waals surface area contributed by atoms with Gasteiger partial charge in [0.2, 0.25) is 0 Å². The second-order valence-electron chi connectivity index (χ2n) is 7.36. The normalized spacial score (nSPS) is 16.1. The number of rotatable bonds is 5. The van der Waals surface area contributed by atoms with Crippen LogP contribution in [0.3, 0.4) is 0 Å². The number of anilines is 1. The average Bonchev–Trinajstić information content (AvgIpc) is 2.81. The van der Waals surface area contributed by atoms with Gasteiger partial charge in [-0.25, -0.2) is 8.78 Å². The van der Waals surface area contributed by atoms with Crippen molar-refractivity contribution in [3.8, 4) is 17.0 Å². The van der Waals surface area contributed by atoms with Crippen molar-refractivity contribution in [2.24, 2.45) is 0 Å². The van der Waals surface area contributed by atoms with Gasteiger partial charge < -0.3 is 15.0 Å². The first-order valence-electron chi connectivity index (χ1n) is 10.0. The molecule has 1 saturated heterocycles. The number of carbonyl (C=O) groups excluding carboxylic acids is 1. The third kappa shape index (κ3) is 4.63. The Morgan fingerprint density at radius 1 is 1.10 bits per heavy atom. The molecule has 0 bridgehead atoms. The van der Waals surface area contributed by atoms with Crippen LogP contribution >= 0.6 is 0 Å². The minimum absolute atomic E-state index is 0.0944. The Hall–Kier alpha value is -3.55. The second-order valence-corrected chi connectivity index (χ2v) is 7.36. The Morgan fingerprint density at radius 2 is 1.94 bits per heavy atom. The lowest BCUT2D eigenvalue weighted by molar-refractivity contribution is 0.0932.